The van der Waals surface area contributed by atoms with E-state index in [-0.39, 0.29) is 22.3 Å². The van der Waals surface area contributed by atoms with Gasteiger partial charge < -0.3 is 9.67 Å². The first kappa shape index (κ1) is 13.9. The molecule has 20 heavy (non-hydrogen) atoms. The molecule has 0 aromatic carbocycles. The molecule has 1 aromatic rings. The Morgan fingerprint density at radius 3 is 2.65 bits per heavy atom. The van der Waals surface area contributed by atoms with Gasteiger partial charge in [-0.2, -0.15) is 0 Å². The van der Waals surface area contributed by atoms with Crippen molar-refractivity contribution in [3.8, 4) is 0 Å². The van der Waals surface area contributed by atoms with Crippen LogP contribution in [0.3, 0.4) is 0 Å². The first-order valence-electron chi connectivity index (χ1n) is 5.44. The zero-order valence-corrected chi connectivity index (χ0v) is 11.4. The third-order valence-corrected chi connectivity index (χ3v) is 3.49. The molecule has 9 heteroatoms. The minimum atomic E-state index is -0.515. The molecular weight excluding hydrogens is 284 g/mol. The van der Waals surface area contributed by atoms with Gasteiger partial charge in [-0.05, 0) is 29.9 Å². The Morgan fingerprint density at radius 2 is 2.10 bits per heavy atom. The Kier molecular flexibility index (Phi) is 3.61. The largest absolute Gasteiger partial charge is 0.505 e. The Balaban J connectivity index is 2.44. The van der Waals surface area contributed by atoms with E-state index in [1.807, 2.05) is 0 Å². The summed E-state index contributed by atoms with van der Waals surface area (Å²) in [6.07, 6.45) is 3.69. The minimum Gasteiger partial charge on any atom is -0.505 e. The highest BCUT2D eigenvalue weighted by Crippen LogP contribution is 2.14. The van der Waals surface area contributed by atoms with Gasteiger partial charge in [0.1, 0.15) is 11.5 Å². The summed E-state index contributed by atoms with van der Waals surface area (Å²) in [6.45, 7) is 1.62. The number of rotatable bonds is 2. The van der Waals surface area contributed by atoms with Crippen LogP contribution in [0.15, 0.2) is 39.9 Å². The maximum Gasteiger partial charge on any atom is 0.343 e. The number of aryl methyl sites for hydroxylation is 1. The van der Waals surface area contributed by atoms with Crippen molar-refractivity contribution in [2.75, 3.05) is 0 Å². The van der Waals surface area contributed by atoms with Crippen LogP contribution in [0.2, 0.25) is 0 Å². The van der Waals surface area contributed by atoms with Gasteiger partial charge in [0.2, 0.25) is 4.80 Å². The quantitative estimate of drug-likeness (QED) is 0.502. The van der Waals surface area contributed by atoms with Crippen LogP contribution >= 0.6 is 11.3 Å². The zero-order valence-electron chi connectivity index (χ0n) is 10.6. The number of aliphatic hydroxyl groups is 1. The van der Waals surface area contributed by atoms with Crippen molar-refractivity contribution in [1.29, 1.82) is 0 Å². The average Bonchev–Trinajstić information content (AvgIpc) is 2.70. The third kappa shape index (κ3) is 2.72. The molecule has 1 aliphatic carbocycles. The van der Waals surface area contributed by atoms with Crippen molar-refractivity contribution in [2.24, 2.45) is 17.3 Å². The number of ketones is 1. The molecule has 1 N–H and O–H groups in total. The topological polar surface area (TPSA) is 110 Å². The highest BCUT2D eigenvalue weighted by atomic mass is 32.1. The molecule has 0 spiro atoms. The van der Waals surface area contributed by atoms with Crippen LogP contribution in [0, 0.1) is 10.1 Å². The maximum absolute atomic E-state index is 11.2. The van der Waals surface area contributed by atoms with Gasteiger partial charge in [0.25, 0.3) is 0 Å². The average molecular weight is 294 g/mol. The van der Waals surface area contributed by atoms with E-state index in [1.54, 1.807) is 14.0 Å². The fourth-order valence-electron chi connectivity index (χ4n) is 1.54. The molecule has 0 atom stereocenters. The molecule has 2 rings (SSSR count). The molecule has 1 aromatic heterocycles. The van der Waals surface area contributed by atoms with Crippen LogP contribution < -0.4 is 4.80 Å². The summed E-state index contributed by atoms with van der Waals surface area (Å²) in [6, 6.07) is 0. The van der Waals surface area contributed by atoms with Crippen LogP contribution in [0.1, 0.15) is 6.92 Å². The molecule has 0 saturated carbocycles. The standard InChI is InChI=1S/C11H10N4O4S/c1-6-3-7(16)4-8(17)10(6)12-13-11-14(2)5-9(20-11)15(18)19/h3-5,17H,1-2H3/b12-10+,13-11+. The van der Waals surface area contributed by atoms with Gasteiger partial charge in [-0.15, -0.1) is 10.2 Å². The number of nitrogens with zero attached hydrogens (tertiary/aromatic N) is 4. The number of carbonyl (C=O) groups excluding carboxylic acids is 1. The predicted octanol–water partition coefficient (Wildman–Crippen LogP) is 1.22. The summed E-state index contributed by atoms with van der Waals surface area (Å²) >= 11 is 0.862. The van der Waals surface area contributed by atoms with Gasteiger partial charge in [0.15, 0.2) is 5.78 Å². The van der Waals surface area contributed by atoms with E-state index in [2.05, 4.69) is 10.2 Å². The molecule has 0 saturated heterocycles. The Morgan fingerprint density at radius 1 is 1.40 bits per heavy atom. The number of hydrogen-bond acceptors (Lipinski definition) is 7. The van der Waals surface area contributed by atoms with Crippen molar-refractivity contribution >= 4 is 27.8 Å². The smallest absolute Gasteiger partial charge is 0.343 e. The molecule has 1 aliphatic rings. The van der Waals surface area contributed by atoms with Gasteiger partial charge in [-0.3, -0.25) is 14.9 Å². The maximum atomic E-state index is 11.2. The summed E-state index contributed by atoms with van der Waals surface area (Å²) in [4.78, 5) is 21.6. The summed E-state index contributed by atoms with van der Waals surface area (Å²) in [7, 11) is 1.60. The molecule has 1 heterocycles. The lowest BCUT2D eigenvalue weighted by Crippen LogP contribution is -2.14. The fourth-order valence-corrected chi connectivity index (χ4v) is 2.29. The number of aromatic nitrogens is 1. The number of hydrogen-bond donors (Lipinski definition) is 1. The van der Waals surface area contributed by atoms with E-state index >= 15 is 0 Å². The SMILES string of the molecule is CC1=CC(=O)C=C(O)/C1=N/N=c1/sc([N+](=O)[O-])cn1C. The first-order chi connectivity index (χ1) is 9.38. The highest BCUT2D eigenvalue weighted by molar-refractivity contribution is 7.12. The molecule has 8 nitrogen and oxygen atoms in total. The van der Waals surface area contributed by atoms with Crippen molar-refractivity contribution in [2.45, 2.75) is 6.92 Å². The number of aliphatic hydroxyl groups excluding tert-OH is 1. The van der Waals surface area contributed by atoms with Crippen LogP contribution in [0.4, 0.5) is 5.00 Å². The van der Waals surface area contributed by atoms with Crippen LogP contribution in [-0.2, 0) is 11.8 Å². The van der Waals surface area contributed by atoms with Gasteiger partial charge in [-0.1, -0.05) is 0 Å². The normalized spacial score (nSPS) is 18.2. The van der Waals surface area contributed by atoms with Crippen LogP contribution in [-0.4, -0.2) is 26.1 Å². The molecule has 0 unspecified atom stereocenters. The highest BCUT2D eigenvalue weighted by Gasteiger charge is 2.16. The molecule has 104 valence electrons. The van der Waals surface area contributed by atoms with E-state index in [0.29, 0.717) is 10.4 Å². The number of thiazole rings is 1. The summed E-state index contributed by atoms with van der Waals surface area (Å²) in [5.74, 6) is -0.594. The molecule has 0 amide bonds. The second-order valence-corrected chi connectivity index (χ2v) is 5.02. The van der Waals surface area contributed by atoms with Crippen LogP contribution in [0.5, 0.6) is 0 Å². The Labute approximate surface area is 116 Å². The second kappa shape index (κ2) is 5.21. The van der Waals surface area contributed by atoms with E-state index in [9.17, 15) is 20.0 Å². The van der Waals surface area contributed by atoms with Gasteiger partial charge in [0, 0.05) is 13.1 Å². The number of nitro groups is 1. The van der Waals surface area contributed by atoms with E-state index in [1.165, 1.54) is 16.8 Å². The summed E-state index contributed by atoms with van der Waals surface area (Å²) in [5, 5.41) is 28.0. The van der Waals surface area contributed by atoms with Crippen molar-refractivity contribution in [3.63, 3.8) is 0 Å². The summed E-state index contributed by atoms with van der Waals surface area (Å²) < 4.78 is 1.46. The van der Waals surface area contributed by atoms with Crippen molar-refractivity contribution < 1.29 is 14.8 Å². The van der Waals surface area contributed by atoms with Crippen molar-refractivity contribution in [1.82, 2.24) is 4.57 Å². The Bertz CT molecular complexity index is 727. The first-order valence-corrected chi connectivity index (χ1v) is 6.26. The monoisotopic (exact) mass is 294 g/mol. The predicted molar refractivity (Wildman–Crippen MR) is 72.4 cm³/mol. The van der Waals surface area contributed by atoms with Crippen molar-refractivity contribution in [3.05, 3.63) is 44.6 Å². The van der Waals surface area contributed by atoms with E-state index < -0.39 is 4.92 Å². The number of carbonyl (C=O) groups is 1. The van der Waals surface area contributed by atoms with Gasteiger partial charge >= 0.3 is 5.00 Å². The lowest BCUT2D eigenvalue weighted by molar-refractivity contribution is -0.380. The lowest BCUT2D eigenvalue weighted by atomic mass is 10.0. The van der Waals surface area contributed by atoms with Gasteiger partial charge in [-0.25, -0.2) is 0 Å². The zero-order chi connectivity index (χ0) is 14.9. The minimum absolute atomic E-state index is 0.0581. The third-order valence-electron chi connectivity index (χ3n) is 2.47. The van der Waals surface area contributed by atoms with Gasteiger partial charge in [0.05, 0.1) is 11.1 Å². The lowest BCUT2D eigenvalue weighted by Gasteiger charge is -2.07. The van der Waals surface area contributed by atoms with Crippen LogP contribution in [0.25, 0.3) is 0 Å². The molecule has 0 bridgehead atoms. The molecular formula is C11H10N4O4S. The number of allylic oxidation sites excluding steroid dienone is 3. The second-order valence-electron chi connectivity index (χ2n) is 4.03. The van der Waals surface area contributed by atoms with E-state index in [4.69, 9.17) is 0 Å². The molecule has 0 radical (unpaired) electrons. The van der Waals surface area contributed by atoms with E-state index in [0.717, 1.165) is 17.4 Å². The Hall–Kier alpha value is -2.55. The summed E-state index contributed by atoms with van der Waals surface area (Å²) in [5.41, 5.74) is 0.646. The fraction of sp³-hybridized carbons (Fsp3) is 0.182. The molecule has 0 aliphatic heterocycles. The molecule has 0 fully saturated rings.